The summed E-state index contributed by atoms with van der Waals surface area (Å²) < 4.78 is 1.32. The van der Waals surface area contributed by atoms with E-state index in [0.29, 0.717) is 6.04 Å². The van der Waals surface area contributed by atoms with Crippen LogP contribution < -0.4 is 5.32 Å². The minimum atomic E-state index is -0.00394. The Kier molecular flexibility index (Phi) is 2.19. The van der Waals surface area contributed by atoms with E-state index < -0.39 is 0 Å². The van der Waals surface area contributed by atoms with Crippen LogP contribution in [0.5, 0.6) is 0 Å². The summed E-state index contributed by atoms with van der Waals surface area (Å²) in [6, 6.07) is 16.2. The molecule has 0 unspecified atom stereocenters. The lowest BCUT2D eigenvalue weighted by Crippen LogP contribution is -2.41. The van der Waals surface area contributed by atoms with E-state index in [9.17, 15) is 0 Å². The predicted octanol–water partition coefficient (Wildman–Crippen LogP) is 3.76. The van der Waals surface area contributed by atoms with Gasteiger partial charge < -0.3 is 0 Å². The van der Waals surface area contributed by atoms with Gasteiger partial charge in [0.2, 0.25) is 0 Å². The normalized spacial score (nSPS) is 27.8. The van der Waals surface area contributed by atoms with Gasteiger partial charge in [0.25, 0.3) is 0 Å². The number of nitrogens with one attached hydrogen (secondary N) is 1. The van der Waals surface area contributed by atoms with Crippen LogP contribution in [-0.2, 0) is 12.0 Å². The van der Waals surface area contributed by atoms with Gasteiger partial charge in [-0.15, -0.1) is 0 Å². The fourth-order valence-electron chi connectivity index (χ4n) is 3.56. The second-order valence-corrected chi connectivity index (χ2v) is 6.66. The van der Waals surface area contributed by atoms with Crippen LogP contribution in [0.3, 0.4) is 0 Å². The number of benzene rings is 2. The molecule has 1 nitrogen and oxygen atoms in total. The molecule has 0 fully saturated rings. The number of hydrogen-bond donors (Lipinski definition) is 1. The average molecular weight is 347 g/mol. The summed E-state index contributed by atoms with van der Waals surface area (Å²) in [6.45, 7) is 2.32. The number of halogens is 1. The van der Waals surface area contributed by atoms with Crippen molar-refractivity contribution in [1.82, 2.24) is 5.32 Å². The Hall–Kier alpha value is -0.870. The van der Waals surface area contributed by atoms with E-state index in [1.807, 2.05) is 0 Å². The maximum absolute atomic E-state index is 3.81. The maximum atomic E-state index is 3.81. The van der Waals surface area contributed by atoms with Crippen LogP contribution in [-0.4, -0.2) is 0 Å². The first kappa shape index (κ1) is 11.0. The summed E-state index contributed by atoms with van der Waals surface area (Å²) in [5, 5.41) is 3.81. The third-order valence-electron chi connectivity index (χ3n) is 4.37. The van der Waals surface area contributed by atoms with E-state index in [4.69, 9.17) is 0 Å². The minimum absolute atomic E-state index is 0.00394. The fraction of sp³-hybridized carbons (Fsp3) is 0.250. The summed E-state index contributed by atoms with van der Waals surface area (Å²) in [5.74, 6) is 0. The largest absolute Gasteiger partial charge is 0.297 e. The van der Waals surface area contributed by atoms with Gasteiger partial charge >= 0.3 is 0 Å². The summed E-state index contributed by atoms with van der Waals surface area (Å²) >= 11 is 2.40. The molecule has 2 aliphatic rings. The SMILES string of the molecule is C[C@@]12N[C@@H](Cc3ccc(I)cc31)c1ccccc12. The molecule has 90 valence electrons. The Bertz CT molecular complexity index is 649. The molecule has 0 aliphatic carbocycles. The van der Waals surface area contributed by atoms with Crippen molar-refractivity contribution in [3.8, 4) is 0 Å². The molecule has 2 aromatic carbocycles. The smallest absolute Gasteiger partial charge is 0.0673 e. The molecule has 2 atom stereocenters. The third kappa shape index (κ3) is 1.30. The minimum Gasteiger partial charge on any atom is -0.297 e. The van der Waals surface area contributed by atoms with E-state index >= 15 is 0 Å². The van der Waals surface area contributed by atoms with Crippen molar-refractivity contribution in [3.05, 3.63) is 68.3 Å². The predicted molar refractivity (Wildman–Crippen MR) is 81.6 cm³/mol. The van der Waals surface area contributed by atoms with Gasteiger partial charge in [-0.25, -0.2) is 0 Å². The lowest BCUT2D eigenvalue weighted by Gasteiger charge is -2.34. The van der Waals surface area contributed by atoms with Gasteiger partial charge in [0.05, 0.1) is 5.54 Å². The van der Waals surface area contributed by atoms with Crippen LogP contribution in [0.25, 0.3) is 0 Å². The summed E-state index contributed by atoms with van der Waals surface area (Å²) in [5.41, 5.74) is 5.88. The highest BCUT2D eigenvalue weighted by atomic mass is 127. The molecule has 2 heterocycles. The van der Waals surface area contributed by atoms with Gasteiger partial charge in [0.15, 0.2) is 0 Å². The van der Waals surface area contributed by atoms with Crippen molar-refractivity contribution in [1.29, 1.82) is 0 Å². The molecule has 4 rings (SSSR count). The van der Waals surface area contributed by atoms with Gasteiger partial charge in [-0.1, -0.05) is 30.3 Å². The van der Waals surface area contributed by atoms with E-state index in [2.05, 4.69) is 77.3 Å². The lowest BCUT2D eigenvalue weighted by atomic mass is 9.82. The van der Waals surface area contributed by atoms with Crippen molar-refractivity contribution in [2.24, 2.45) is 0 Å². The van der Waals surface area contributed by atoms with E-state index in [1.165, 1.54) is 25.8 Å². The topological polar surface area (TPSA) is 12.0 Å². The highest BCUT2D eigenvalue weighted by molar-refractivity contribution is 14.1. The Morgan fingerprint density at radius 3 is 2.89 bits per heavy atom. The highest BCUT2D eigenvalue weighted by Crippen LogP contribution is 2.48. The number of rotatable bonds is 0. The van der Waals surface area contributed by atoms with Crippen LogP contribution in [0.15, 0.2) is 42.5 Å². The molecule has 0 radical (unpaired) electrons. The average Bonchev–Trinajstić information content (AvgIpc) is 2.62. The Morgan fingerprint density at radius 1 is 1.17 bits per heavy atom. The zero-order valence-electron chi connectivity index (χ0n) is 10.2. The second-order valence-electron chi connectivity index (χ2n) is 5.41. The van der Waals surface area contributed by atoms with E-state index in [-0.39, 0.29) is 5.54 Å². The van der Waals surface area contributed by atoms with Crippen LogP contribution in [0, 0.1) is 3.57 Å². The molecule has 0 saturated heterocycles. The fourth-order valence-corrected chi connectivity index (χ4v) is 4.05. The van der Waals surface area contributed by atoms with Crippen molar-refractivity contribution >= 4 is 22.6 Å². The monoisotopic (exact) mass is 347 g/mol. The molecular weight excluding hydrogens is 333 g/mol. The zero-order valence-corrected chi connectivity index (χ0v) is 12.4. The van der Waals surface area contributed by atoms with Gasteiger partial charge in [0.1, 0.15) is 0 Å². The first-order chi connectivity index (χ1) is 8.68. The van der Waals surface area contributed by atoms with Gasteiger partial charge in [-0.2, -0.15) is 0 Å². The van der Waals surface area contributed by atoms with Crippen LogP contribution >= 0.6 is 22.6 Å². The van der Waals surface area contributed by atoms with Gasteiger partial charge in [-0.05, 0) is 70.3 Å². The Labute approximate surface area is 121 Å². The standard InChI is InChI=1S/C16H14IN/c1-16-13-5-3-2-4-12(13)15(18-16)8-10-6-7-11(17)9-14(10)16/h2-7,9,15,18H,8H2,1H3/t15-,16-/m0/s1. The van der Waals surface area contributed by atoms with E-state index in [0.717, 1.165) is 6.42 Å². The van der Waals surface area contributed by atoms with Gasteiger partial charge in [0, 0.05) is 9.61 Å². The molecule has 0 spiro atoms. The van der Waals surface area contributed by atoms with Gasteiger partial charge in [-0.3, -0.25) is 5.32 Å². The summed E-state index contributed by atoms with van der Waals surface area (Å²) in [6.07, 6.45) is 1.11. The second kappa shape index (κ2) is 3.58. The molecule has 2 aromatic rings. The third-order valence-corrected chi connectivity index (χ3v) is 5.04. The lowest BCUT2D eigenvalue weighted by molar-refractivity contribution is 0.388. The van der Waals surface area contributed by atoms with Crippen molar-refractivity contribution in [2.75, 3.05) is 0 Å². The molecule has 18 heavy (non-hydrogen) atoms. The number of fused-ring (bicyclic) bond motifs is 7. The van der Waals surface area contributed by atoms with Crippen LogP contribution in [0.2, 0.25) is 0 Å². The molecule has 0 amide bonds. The maximum Gasteiger partial charge on any atom is 0.0673 e. The summed E-state index contributed by atoms with van der Waals surface area (Å²) in [4.78, 5) is 0. The first-order valence-corrected chi connectivity index (χ1v) is 7.42. The van der Waals surface area contributed by atoms with Crippen molar-refractivity contribution in [3.63, 3.8) is 0 Å². The van der Waals surface area contributed by atoms with Crippen LogP contribution in [0.1, 0.15) is 35.2 Å². The highest BCUT2D eigenvalue weighted by Gasteiger charge is 2.45. The molecule has 2 bridgehead atoms. The first-order valence-electron chi connectivity index (χ1n) is 6.34. The quantitative estimate of drug-likeness (QED) is 0.716. The molecule has 1 N–H and O–H groups in total. The number of hydrogen-bond acceptors (Lipinski definition) is 1. The Balaban J connectivity index is 2.04. The zero-order chi connectivity index (χ0) is 12.3. The van der Waals surface area contributed by atoms with Crippen molar-refractivity contribution in [2.45, 2.75) is 24.9 Å². The molecule has 0 aromatic heterocycles. The molecular formula is C16H14IN. The Morgan fingerprint density at radius 2 is 2.00 bits per heavy atom. The summed E-state index contributed by atoms with van der Waals surface area (Å²) in [7, 11) is 0. The molecule has 2 heteroatoms. The van der Waals surface area contributed by atoms with E-state index in [1.54, 1.807) is 0 Å². The molecule has 0 saturated carbocycles. The molecule has 2 aliphatic heterocycles. The van der Waals surface area contributed by atoms with Crippen LogP contribution in [0.4, 0.5) is 0 Å². The van der Waals surface area contributed by atoms with Crippen molar-refractivity contribution < 1.29 is 0 Å².